The minimum atomic E-state index is -0.874. The third kappa shape index (κ3) is 7.71. The lowest BCUT2D eigenvalue weighted by Crippen LogP contribution is -2.42. The molecule has 0 spiro atoms. The smallest absolute Gasteiger partial charge is 0.407 e. The number of alkyl carbamates (subject to hydrolysis) is 1. The average molecular weight is 549 g/mol. The number of carbonyl (C=O) groups excluding carboxylic acids is 3. The number of nitrogens with zero attached hydrogens (tertiary/aromatic N) is 5. The van der Waals surface area contributed by atoms with Crippen LogP contribution in [0.4, 0.5) is 10.5 Å². The molecule has 11 heteroatoms. The van der Waals surface area contributed by atoms with Crippen molar-refractivity contribution in [2.45, 2.75) is 64.0 Å². The summed E-state index contributed by atoms with van der Waals surface area (Å²) in [5.74, 6) is 0.296. The quantitative estimate of drug-likeness (QED) is 0.380. The highest BCUT2D eigenvalue weighted by Gasteiger charge is 2.25. The van der Waals surface area contributed by atoms with Crippen molar-refractivity contribution in [3.63, 3.8) is 0 Å². The van der Waals surface area contributed by atoms with E-state index in [1.165, 1.54) is 30.9 Å². The molecule has 2 amide bonds. The first-order valence-electron chi connectivity index (χ1n) is 13.6. The van der Waals surface area contributed by atoms with Gasteiger partial charge in [-0.05, 0) is 43.7 Å². The van der Waals surface area contributed by atoms with Crippen molar-refractivity contribution < 1.29 is 19.1 Å². The van der Waals surface area contributed by atoms with E-state index in [0.29, 0.717) is 18.4 Å². The third-order valence-corrected chi connectivity index (χ3v) is 7.11. The Morgan fingerprint density at radius 2 is 2.05 bits per heavy atom. The largest absolute Gasteiger partial charge is 0.453 e. The molecule has 0 radical (unpaired) electrons. The summed E-state index contributed by atoms with van der Waals surface area (Å²) in [7, 11) is 4.50. The molecule has 0 bridgehead atoms. The van der Waals surface area contributed by atoms with Gasteiger partial charge < -0.3 is 19.5 Å². The van der Waals surface area contributed by atoms with Gasteiger partial charge in [0.25, 0.3) is 5.56 Å². The van der Waals surface area contributed by atoms with Crippen LogP contribution < -0.4 is 10.9 Å². The summed E-state index contributed by atoms with van der Waals surface area (Å²) >= 11 is 0. The Morgan fingerprint density at radius 3 is 2.77 bits per heavy atom. The predicted molar refractivity (Wildman–Crippen MR) is 150 cm³/mol. The lowest BCUT2D eigenvalue weighted by molar-refractivity contribution is -0.123. The maximum atomic E-state index is 13.3. The summed E-state index contributed by atoms with van der Waals surface area (Å²) in [5.41, 5.74) is 3.52. The van der Waals surface area contributed by atoms with Crippen LogP contribution in [0, 0.1) is 5.92 Å². The number of ketones is 1. The van der Waals surface area contributed by atoms with Gasteiger partial charge in [-0.3, -0.25) is 19.4 Å². The molecule has 1 aliphatic carbocycles. The van der Waals surface area contributed by atoms with Crippen LogP contribution >= 0.6 is 0 Å². The zero-order chi connectivity index (χ0) is 28.6. The Bertz CT molecular complexity index is 1380. The standard InChI is InChI=1S/C29H36N6O5/c1-34(2)26(37)9-5-4-8-22(33-29(39)40-3)25(36)15-20-7-6-14-35(28(20)38)17-21-16-24-27(32-21)23(30-18-31-24)13-12-19-10-11-19/h5-7,9,14,18-19,22H,4,8,10-13,15-17H2,1-3H3,(H,33,39)/b9-5+/t22-/m0/s1. The first-order valence-corrected chi connectivity index (χ1v) is 13.6. The molecule has 1 fully saturated rings. The lowest BCUT2D eigenvalue weighted by Gasteiger charge is -2.16. The molecule has 0 unspecified atom stereocenters. The van der Waals surface area contributed by atoms with E-state index < -0.39 is 12.1 Å². The number of aromatic nitrogens is 3. The summed E-state index contributed by atoms with van der Waals surface area (Å²) in [5, 5.41) is 2.55. The Kier molecular flexibility index (Phi) is 9.57. The van der Waals surface area contributed by atoms with Crippen molar-refractivity contribution in [3.8, 4) is 0 Å². The Morgan fingerprint density at radius 1 is 1.25 bits per heavy atom. The molecule has 1 atom stereocenters. The fourth-order valence-corrected chi connectivity index (χ4v) is 4.59. The molecule has 11 nitrogen and oxygen atoms in total. The van der Waals surface area contributed by atoms with Crippen molar-refractivity contribution in [2.75, 3.05) is 21.2 Å². The molecular weight excluding hydrogens is 512 g/mol. The highest BCUT2D eigenvalue weighted by molar-refractivity contribution is 5.93. The topological polar surface area (TPSA) is 136 Å². The second-order valence-corrected chi connectivity index (χ2v) is 10.5. The van der Waals surface area contributed by atoms with Crippen molar-refractivity contribution in [3.05, 3.63) is 64.1 Å². The minimum absolute atomic E-state index is 0.155. The van der Waals surface area contributed by atoms with E-state index in [2.05, 4.69) is 20.0 Å². The van der Waals surface area contributed by atoms with Crippen LogP contribution in [0.1, 0.15) is 49.1 Å². The SMILES string of the molecule is COC(=O)N[C@@H](CC/C=C/C(=O)N(C)C)C(=O)Cc1cccn(CC2=Nc3c(CCC4CC4)ncnc3C2)c1=O. The van der Waals surface area contributed by atoms with Crippen LogP contribution in [0.3, 0.4) is 0 Å². The van der Waals surface area contributed by atoms with Gasteiger partial charge in [-0.1, -0.05) is 25.0 Å². The van der Waals surface area contributed by atoms with Crippen molar-refractivity contribution >= 4 is 29.2 Å². The highest BCUT2D eigenvalue weighted by Crippen LogP contribution is 2.35. The summed E-state index contributed by atoms with van der Waals surface area (Å²) in [6.45, 7) is 0.286. The Labute approximate surface area is 233 Å². The third-order valence-electron chi connectivity index (χ3n) is 7.11. The molecule has 2 aromatic rings. The molecule has 1 N–H and O–H groups in total. The fraction of sp³-hybridized carbons (Fsp3) is 0.483. The summed E-state index contributed by atoms with van der Waals surface area (Å²) < 4.78 is 6.21. The zero-order valence-electron chi connectivity index (χ0n) is 23.3. The highest BCUT2D eigenvalue weighted by atomic mass is 16.5. The van der Waals surface area contributed by atoms with Gasteiger partial charge >= 0.3 is 6.09 Å². The molecule has 212 valence electrons. The van der Waals surface area contributed by atoms with Crippen LogP contribution in [-0.2, 0) is 40.1 Å². The zero-order valence-corrected chi connectivity index (χ0v) is 23.3. The number of hydrogen-bond acceptors (Lipinski definition) is 8. The van der Waals surface area contributed by atoms with Gasteiger partial charge in [-0.25, -0.2) is 14.8 Å². The molecule has 2 aromatic heterocycles. The number of Topliss-reactive ketones (excluding diaryl/α,β-unsaturated/α-hetero) is 1. The Balaban J connectivity index is 1.42. The maximum Gasteiger partial charge on any atom is 0.407 e. The molecule has 1 aliphatic heterocycles. The number of aliphatic imine (C=N–C) groups is 1. The van der Waals surface area contributed by atoms with E-state index in [9.17, 15) is 19.2 Å². The number of nitrogens with one attached hydrogen (secondary N) is 1. The van der Waals surface area contributed by atoms with Crippen LogP contribution in [0.25, 0.3) is 0 Å². The van der Waals surface area contributed by atoms with Gasteiger partial charge in [0.1, 0.15) is 12.0 Å². The number of methoxy groups -OCH3 is 1. The molecule has 3 heterocycles. The number of fused-ring (bicyclic) bond motifs is 1. The lowest BCUT2D eigenvalue weighted by atomic mass is 10.0. The number of likely N-dealkylation sites (N-methyl/N-ethyl adjacent to an activating group) is 1. The fourth-order valence-electron chi connectivity index (χ4n) is 4.59. The number of allylic oxidation sites excluding steroid dienone is 1. The number of aryl methyl sites for hydroxylation is 1. The van der Waals surface area contributed by atoms with Crippen LogP contribution in [0.2, 0.25) is 0 Å². The molecule has 0 saturated heterocycles. The number of carbonyl (C=O) groups is 3. The average Bonchev–Trinajstić information content (AvgIpc) is 3.67. The van der Waals surface area contributed by atoms with Crippen LogP contribution in [0.5, 0.6) is 0 Å². The monoisotopic (exact) mass is 548 g/mol. The van der Waals surface area contributed by atoms with Crippen molar-refractivity contribution in [1.82, 2.24) is 24.8 Å². The molecule has 4 rings (SSSR count). The van der Waals surface area contributed by atoms with Crippen LogP contribution in [0.15, 0.2) is 46.6 Å². The van der Waals surface area contributed by atoms with E-state index in [-0.39, 0.29) is 36.6 Å². The predicted octanol–water partition coefficient (Wildman–Crippen LogP) is 2.57. The molecule has 40 heavy (non-hydrogen) atoms. The van der Waals surface area contributed by atoms with Crippen LogP contribution in [-0.4, -0.2) is 70.2 Å². The molecule has 0 aromatic carbocycles. The first kappa shape index (κ1) is 28.8. The second-order valence-electron chi connectivity index (χ2n) is 10.5. The molecule has 1 saturated carbocycles. The first-order chi connectivity index (χ1) is 19.2. The summed E-state index contributed by atoms with van der Waals surface area (Å²) in [4.78, 5) is 65.1. The number of hydrogen-bond donors (Lipinski definition) is 1. The van der Waals surface area contributed by atoms with Gasteiger partial charge in [0.2, 0.25) is 5.91 Å². The van der Waals surface area contributed by atoms with Crippen molar-refractivity contribution in [2.24, 2.45) is 10.9 Å². The van der Waals surface area contributed by atoms with E-state index in [1.54, 1.807) is 49.4 Å². The normalized spacial score (nSPS) is 14.9. The van der Waals surface area contributed by atoms with E-state index >= 15 is 0 Å². The second kappa shape index (κ2) is 13.3. The van der Waals surface area contributed by atoms with Gasteiger partial charge in [0, 0.05) is 44.4 Å². The summed E-state index contributed by atoms with van der Waals surface area (Å²) in [6.07, 6.45) is 11.2. The number of amides is 2. The van der Waals surface area contributed by atoms with Gasteiger partial charge in [-0.15, -0.1) is 0 Å². The molecular formula is C29H36N6O5. The maximum absolute atomic E-state index is 13.3. The summed E-state index contributed by atoms with van der Waals surface area (Å²) in [6, 6.07) is 2.47. The minimum Gasteiger partial charge on any atom is -0.453 e. The number of pyridine rings is 1. The molecule has 2 aliphatic rings. The number of ether oxygens (including phenoxy) is 1. The van der Waals surface area contributed by atoms with E-state index in [0.717, 1.165) is 41.5 Å². The Hall–Kier alpha value is -4.15. The van der Waals surface area contributed by atoms with E-state index in [4.69, 9.17) is 4.99 Å². The van der Waals surface area contributed by atoms with Gasteiger partial charge in [-0.2, -0.15) is 0 Å². The van der Waals surface area contributed by atoms with Gasteiger partial charge in [0.15, 0.2) is 5.78 Å². The van der Waals surface area contributed by atoms with Gasteiger partial charge in [0.05, 0.1) is 31.1 Å². The number of rotatable bonds is 13. The van der Waals surface area contributed by atoms with Crippen molar-refractivity contribution in [1.29, 1.82) is 0 Å². The van der Waals surface area contributed by atoms with E-state index in [1.807, 2.05) is 0 Å².